The highest BCUT2D eigenvalue weighted by atomic mass is 35.5. The van der Waals surface area contributed by atoms with Crippen molar-refractivity contribution in [3.63, 3.8) is 0 Å². The number of carbonyl (C=O) groups is 2. The molecule has 2 saturated heterocycles. The summed E-state index contributed by atoms with van der Waals surface area (Å²) in [5, 5.41) is 22.6. The second-order valence-corrected chi connectivity index (χ2v) is 7.44. The van der Waals surface area contributed by atoms with Gasteiger partial charge in [-0.15, -0.1) is 12.4 Å². The molecule has 10 heteroatoms. The number of carbonyl (C=O) groups excluding carboxylic acids is 1. The van der Waals surface area contributed by atoms with E-state index in [1.165, 1.54) is 0 Å². The Labute approximate surface area is 169 Å². The lowest BCUT2D eigenvalue weighted by atomic mass is 9.78. The number of aryl methyl sites for hydroxylation is 1. The Morgan fingerprint density at radius 1 is 1.36 bits per heavy atom. The average Bonchev–Trinajstić information content (AvgIpc) is 3.09. The molecule has 4 rings (SSSR count). The third-order valence-corrected chi connectivity index (χ3v) is 5.45. The van der Waals surface area contributed by atoms with Crippen molar-refractivity contribution in [2.24, 2.45) is 5.92 Å². The van der Waals surface area contributed by atoms with Gasteiger partial charge in [0.2, 0.25) is 5.91 Å². The monoisotopic (exact) mass is 410 g/mol. The van der Waals surface area contributed by atoms with E-state index in [-0.39, 0.29) is 41.5 Å². The van der Waals surface area contributed by atoms with Gasteiger partial charge in [0.05, 0.1) is 13.1 Å². The molecule has 3 aliphatic rings. The lowest BCUT2D eigenvalue weighted by Gasteiger charge is -2.39. The van der Waals surface area contributed by atoms with Gasteiger partial charge >= 0.3 is 13.1 Å². The maximum absolute atomic E-state index is 12.3. The number of fused-ring (bicyclic) bond motifs is 1. The lowest BCUT2D eigenvalue weighted by Crippen LogP contribution is -2.56. The van der Waals surface area contributed by atoms with Crippen LogP contribution in [0.25, 0.3) is 0 Å². The molecule has 0 bridgehead atoms. The Morgan fingerprint density at radius 2 is 2.14 bits per heavy atom. The molecule has 3 heterocycles. The SMILES string of the molecule is Cl.O=C(O)c1c(OC2CN(C(=O)CC3CCNC3)C2)ccc2c1OB(O)CC2. The summed E-state index contributed by atoms with van der Waals surface area (Å²) >= 11 is 0. The molecule has 2 fully saturated rings. The number of ether oxygens (including phenoxy) is 1. The number of aromatic carboxylic acids is 1. The van der Waals surface area contributed by atoms with Crippen LogP contribution in [0, 0.1) is 5.92 Å². The number of nitrogens with one attached hydrogen (secondary N) is 1. The molecule has 3 N–H and O–H groups in total. The van der Waals surface area contributed by atoms with E-state index in [1.807, 2.05) is 0 Å². The van der Waals surface area contributed by atoms with Crippen molar-refractivity contribution in [1.82, 2.24) is 10.2 Å². The van der Waals surface area contributed by atoms with Crippen LogP contribution in [-0.2, 0) is 11.2 Å². The van der Waals surface area contributed by atoms with E-state index >= 15 is 0 Å². The number of likely N-dealkylation sites (tertiary alicyclic amines) is 1. The van der Waals surface area contributed by atoms with Gasteiger partial charge in [0.25, 0.3) is 0 Å². The molecule has 28 heavy (non-hydrogen) atoms. The zero-order chi connectivity index (χ0) is 19.0. The van der Waals surface area contributed by atoms with Gasteiger partial charge in [0.1, 0.15) is 23.2 Å². The van der Waals surface area contributed by atoms with Crippen LogP contribution < -0.4 is 14.7 Å². The second kappa shape index (κ2) is 8.59. The van der Waals surface area contributed by atoms with Crippen molar-refractivity contribution in [2.75, 3.05) is 26.2 Å². The van der Waals surface area contributed by atoms with Crippen LogP contribution in [-0.4, -0.2) is 66.3 Å². The summed E-state index contributed by atoms with van der Waals surface area (Å²) in [6.45, 7) is 2.77. The summed E-state index contributed by atoms with van der Waals surface area (Å²) < 4.78 is 11.2. The number of amides is 1. The molecule has 0 saturated carbocycles. The zero-order valence-electron chi connectivity index (χ0n) is 15.4. The first-order valence-corrected chi connectivity index (χ1v) is 9.40. The third-order valence-electron chi connectivity index (χ3n) is 5.45. The van der Waals surface area contributed by atoms with Gasteiger partial charge in [0, 0.05) is 6.42 Å². The molecule has 1 atom stereocenters. The van der Waals surface area contributed by atoms with Crippen LogP contribution in [0.4, 0.5) is 0 Å². The number of carboxylic acid groups (broad SMARTS) is 1. The highest BCUT2D eigenvalue weighted by Gasteiger charge is 2.36. The van der Waals surface area contributed by atoms with Crippen LogP contribution in [0.3, 0.4) is 0 Å². The van der Waals surface area contributed by atoms with Crippen LogP contribution in [0.5, 0.6) is 11.5 Å². The van der Waals surface area contributed by atoms with Crippen molar-refractivity contribution >= 4 is 31.4 Å². The smallest absolute Gasteiger partial charge is 0.522 e. The molecule has 1 unspecified atom stereocenters. The third kappa shape index (κ3) is 4.21. The van der Waals surface area contributed by atoms with E-state index in [4.69, 9.17) is 9.39 Å². The highest BCUT2D eigenvalue weighted by Crippen LogP contribution is 2.37. The van der Waals surface area contributed by atoms with Crippen molar-refractivity contribution in [1.29, 1.82) is 0 Å². The number of carboxylic acids is 1. The Bertz CT molecular complexity index is 752. The van der Waals surface area contributed by atoms with Crippen LogP contribution in [0.2, 0.25) is 6.32 Å². The van der Waals surface area contributed by atoms with Crippen LogP contribution in [0.15, 0.2) is 12.1 Å². The molecule has 0 spiro atoms. The van der Waals surface area contributed by atoms with Gasteiger partial charge in [-0.25, -0.2) is 4.79 Å². The van der Waals surface area contributed by atoms with Crippen molar-refractivity contribution in [2.45, 2.75) is 31.7 Å². The number of hydrogen-bond donors (Lipinski definition) is 3. The number of halogens is 1. The fraction of sp³-hybridized carbons (Fsp3) is 0.556. The standard InChI is InChI=1S/C18H23BN2O6.ClH/c22-15(7-11-4-6-20-8-11)21-9-13(10-21)26-14-2-1-12-3-5-19(25)27-17(12)16(14)18(23)24;/h1-2,11,13,20,25H,3-10H2,(H,23,24);1H. The van der Waals surface area contributed by atoms with Gasteiger partial charge in [-0.2, -0.15) is 0 Å². The molecule has 0 aliphatic carbocycles. The minimum Gasteiger partial charge on any atom is -0.535 e. The van der Waals surface area contributed by atoms with Gasteiger partial charge in [-0.3, -0.25) is 4.79 Å². The Morgan fingerprint density at radius 3 is 2.82 bits per heavy atom. The van der Waals surface area contributed by atoms with Crippen LogP contribution >= 0.6 is 12.4 Å². The summed E-state index contributed by atoms with van der Waals surface area (Å²) in [6, 6.07) is 3.41. The van der Waals surface area contributed by atoms with E-state index in [0.29, 0.717) is 38.2 Å². The molecule has 152 valence electrons. The fourth-order valence-electron chi connectivity index (χ4n) is 3.87. The topological polar surface area (TPSA) is 108 Å². The normalized spacial score (nSPS) is 21.2. The molecule has 1 aromatic rings. The Kier molecular flexibility index (Phi) is 6.37. The summed E-state index contributed by atoms with van der Waals surface area (Å²) in [7, 11) is -1.01. The number of benzene rings is 1. The van der Waals surface area contributed by atoms with Crippen molar-refractivity contribution in [3.05, 3.63) is 23.3 Å². The predicted molar refractivity (Wildman–Crippen MR) is 104 cm³/mol. The fourth-order valence-corrected chi connectivity index (χ4v) is 3.87. The van der Waals surface area contributed by atoms with E-state index in [1.54, 1.807) is 17.0 Å². The summed E-state index contributed by atoms with van der Waals surface area (Å²) in [5.74, 6) is -0.233. The molecule has 3 aliphatic heterocycles. The van der Waals surface area contributed by atoms with Crippen LogP contribution in [0.1, 0.15) is 28.8 Å². The zero-order valence-corrected chi connectivity index (χ0v) is 16.2. The van der Waals surface area contributed by atoms with E-state index < -0.39 is 13.1 Å². The summed E-state index contributed by atoms with van der Waals surface area (Å²) in [6.07, 6.45) is 2.33. The first-order valence-electron chi connectivity index (χ1n) is 9.40. The van der Waals surface area contributed by atoms with E-state index in [0.717, 1.165) is 25.1 Å². The minimum atomic E-state index is -1.16. The van der Waals surface area contributed by atoms with Gasteiger partial charge < -0.3 is 29.7 Å². The number of hydrogen-bond acceptors (Lipinski definition) is 6. The van der Waals surface area contributed by atoms with Gasteiger partial charge in [-0.1, -0.05) is 6.07 Å². The van der Waals surface area contributed by atoms with Crippen molar-refractivity contribution < 1.29 is 29.1 Å². The second-order valence-electron chi connectivity index (χ2n) is 7.44. The summed E-state index contributed by atoms with van der Waals surface area (Å²) in [5.41, 5.74) is 0.689. The quantitative estimate of drug-likeness (QED) is 0.616. The molecule has 0 radical (unpaired) electrons. The number of rotatable bonds is 5. The molecular weight excluding hydrogens is 386 g/mol. The number of nitrogens with zero attached hydrogens (tertiary/aromatic N) is 1. The van der Waals surface area contributed by atoms with Gasteiger partial charge in [0.15, 0.2) is 0 Å². The Balaban J connectivity index is 0.00000225. The average molecular weight is 411 g/mol. The molecule has 0 aromatic heterocycles. The first-order chi connectivity index (χ1) is 13.0. The van der Waals surface area contributed by atoms with Crippen molar-refractivity contribution in [3.8, 4) is 11.5 Å². The van der Waals surface area contributed by atoms with E-state index in [9.17, 15) is 19.7 Å². The van der Waals surface area contributed by atoms with E-state index in [2.05, 4.69) is 5.32 Å². The highest BCUT2D eigenvalue weighted by molar-refractivity contribution is 6.44. The molecular formula is C18H24BClN2O6. The minimum absolute atomic E-state index is 0. The largest absolute Gasteiger partial charge is 0.535 e. The lowest BCUT2D eigenvalue weighted by molar-refractivity contribution is -0.140. The maximum Gasteiger partial charge on any atom is 0.522 e. The first kappa shape index (κ1) is 20.8. The molecule has 1 amide bonds. The predicted octanol–water partition coefficient (Wildman–Crippen LogP) is 0.811. The summed E-state index contributed by atoms with van der Waals surface area (Å²) in [4.78, 5) is 25.8. The molecule has 1 aromatic carbocycles. The molecule has 8 nitrogen and oxygen atoms in total. The van der Waals surface area contributed by atoms with Gasteiger partial charge in [-0.05, 0) is 49.8 Å². The Hall–Kier alpha value is -1.97. The maximum atomic E-state index is 12.3.